The van der Waals surface area contributed by atoms with E-state index in [-0.39, 0.29) is 0 Å². The fourth-order valence-electron chi connectivity index (χ4n) is 8.63. The van der Waals surface area contributed by atoms with Gasteiger partial charge in [-0.2, -0.15) is 0 Å². The van der Waals surface area contributed by atoms with Crippen molar-refractivity contribution in [2.24, 2.45) is 0 Å². The Morgan fingerprint density at radius 3 is 1.44 bits per heavy atom. The summed E-state index contributed by atoms with van der Waals surface area (Å²) in [6, 6.07) is 58.4. The molecule has 0 heterocycles. The van der Waals surface area contributed by atoms with Gasteiger partial charge in [0.2, 0.25) is 0 Å². The third-order valence-corrected chi connectivity index (χ3v) is 12.7. The Morgan fingerprint density at radius 1 is 0.456 bits per heavy atom. The Balaban J connectivity index is 1.42. The van der Waals surface area contributed by atoms with E-state index < -0.39 is 0 Å². The van der Waals surface area contributed by atoms with Gasteiger partial charge in [-0.25, -0.2) is 0 Å². The van der Waals surface area contributed by atoms with Crippen molar-refractivity contribution in [1.29, 1.82) is 10.5 Å². The molecule has 0 N–H and O–H groups in total. The Labute approximate surface area is 349 Å². The van der Waals surface area contributed by atoms with Crippen LogP contribution in [-0.2, 0) is 0 Å². The van der Waals surface area contributed by atoms with Crippen molar-refractivity contribution in [3.8, 4) is 23.3 Å². The van der Waals surface area contributed by atoms with Crippen LogP contribution in [0.2, 0.25) is 0 Å². The van der Waals surface area contributed by atoms with Crippen LogP contribution in [0, 0.1) is 50.4 Å². The fourth-order valence-corrected chi connectivity index (χ4v) is 9.76. The van der Waals surface area contributed by atoms with Gasteiger partial charge in [-0.15, -0.1) is 0 Å². The van der Waals surface area contributed by atoms with E-state index in [4.69, 9.17) is 0 Å². The van der Waals surface area contributed by atoms with Crippen molar-refractivity contribution >= 4 is 95.3 Å². The summed E-state index contributed by atoms with van der Waals surface area (Å²) in [5, 5.41) is 28.0. The topological polar surface area (TPSA) is 54.1 Å². The van der Waals surface area contributed by atoms with Gasteiger partial charge < -0.3 is 0 Å². The quantitative estimate of drug-likeness (QED) is 0.118. The average Bonchev–Trinajstić information content (AvgIpc) is 3.23. The molecule has 269 valence electrons. The Morgan fingerprint density at radius 2 is 0.930 bits per heavy atom. The van der Waals surface area contributed by atoms with Gasteiger partial charge in [0.1, 0.15) is 0 Å². The molecule has 0 saturated heterocycles. The summed E-state index contributed by atoms with van der Waals surface area (Å²) >= 11 is 0.834. The van der Waals surface area contributed by atoms with Gasteiger partial charge >= 0.3 is 266 Å². The molecule has 5 heteroatoms. The van der Waals surface area contributed by atoms with Gasteiger partial charge in [0.15, 0.2) is 0 Å². The Hall–Kier alpha value is -6.48. The molecule has 0 aliphatic heterocycles. The van der Waals surface area contributed by atoms with E-state index in [9.17, 15) is 10.5 Å². The first-order chi connectivity index (χ1) is 27.8. The fraction of sp³-hybridized carbons (Fsp3) is 0.0769. The van der Waals surface area contributed by atoms with E-state index >= 15 is 0 Å². The second-order valence-corrected chi connectivity index (χ2v) is 16.9. The summed E-state index contributed by atoms with van der Waals surface area (Å²) in [5.41, 5.74) is 13.8. The molecule has 9 rings (SSSR count). The van der Waals surface area contributed by atoms with Crippen LogP contribution in [0.1, 0.15) is 33.4 Å². The number of para-hydroxylation sites is 2. The third kappa shape index (κ3) is 6.09. The van der Waals surface area contributed by atoms with Crippen LogP contribution in [0.3, 0.4) is 0 Å². The van der Waals surface area contributed by atoms with Gasteiger partial charge in [0.05, 0.1) is 0 Å². The van der Waals surface area contributed by atoms with Crippen molar-refractivity contribution in [3.05, 3.63) is 185 Å². The molecule has 57 heavy (non-hydrogen) atoms. The number of nitrogens with zero attached hydrogens (tertiary/aromatic N) is 4. The molecule has 0 bridgehead atoms. The zero-order valence-corrected chi connectivity index (χ0v) is 36.1. The summed E-state index contributed by atoms with van der Waals surface area (Å²) in [6.45, 7) is 8.53. The summed E-state index contributed by atoms with van der Waals surface area (Å²) in [5.74, 6) is 0. The van der Waals surface area contributed by atoms with Crippen molar-refractivity contribution < 1.29 is 0 Å². The molecule has 0 unspecified atom stereocenters. The van der Waals surface area contributed by atoms with Gasteiger partial charge in [-0.1, -0.05) is 66.2 Å². The predicted molar refractivity (Wildman–Crippen MR) is 239 cm³/mol. The number of hydrogen-bond acceptors (Lipinski definition) is 4. The van der Waals surface area contributed by atoms with E-state index in [2.05, 4.69) is 183 Å². The van der Waals surface area contributed by atoms with Gasteiger partial charge in [0, 0.05) is 0 Å². The molecular formula is C52H37N4Pb. The Bertz CT molecular complexity index is 3120. The molecule has 3 radical (unpaired) electrons. The molecule has 0 saturated carbocycles. The van der Waals surface area contributed by atoms with Crippen LogP contribution >= 0.6 is 0 Å². The van der Waals surface area contributed by atoms with Gasteiger partial charge in [-0.3, -0.25) is 0 Å². The molecule has 0 fully saturated rings. The van der Waals surface area contributed by atoms with Crippen LogP contribution in [0.25, 0.3) is 43.4 Å². The van der Waals surface area contributed by atoms with E-state index in [1.54, 1.807) is 0 Å². The number of benzene rings is 9. The Kier molecular flexibility index (Phi) is 9.23. The normalized spacial score (nSPS) is 11.2. The number of anilines is 6. The molecule has 0 aliphatic carbocycles. The molecule has 0 aliphatic rings. The third-order valence-electron chi connectivity index (χ3n) is 11.1. The minimum absolute atomic E-state index is 0.587. The first-order valence-corrected chi connectivity index (χ1v) is 21.0. The zero-order chi connectivity index (χ0) is 39.4. The molecule has 9 aromatic rings. The molecule has 4 nitrogen and oxygen atoms in total. The first kappa shape index (κ1) is 36.2. The average molecular weight is 925 g/mol. The summed E-state index contributed by atoms with van der Waals surface area (Å²) < 4.78 is 1.24. The molecule has 0 atom stereocenters. The van der Waals surface area contributed by atoms with Crippen LogP contribution in [-0.4, -0.2) is 25.8 Å². The maximum absolute atomic E-state index is 11.0. The van der Waals surface area contributed by atoms with Crippen LogP contribution in [0.5, 0.6) is 0 Å². The first-order valence-electron chi connectivity index (χ1n) is 19.1. The van der Waals surface area contributed by atoms with Crippen molar-refractivity contribution in [2.75, 3.05) is 9.80 Å². The van der Waals surface area contributed by atoms with E-state index in [1.807, 2.05) is 18.2 Å². The van der Waals surface area contributed by atoms with Crippen LogP contribution in [0.4, 0.5) is 34.1 Å². The number of hydrogen-bond donors (Lipinski definition) is 0. The SMILES string of the molecule is Cc1ccc(N(c2cccc[c]2[Pb])c2c(C#N)cc3ccc4c(N(c5ccc(C)cc5C)c5ccccc5-c5ccccc5)c(C#N)cc5ccc2c3c54)c(C)c1. The van der Waals surface area contributed by atoms with E-state index in [1.165, 1.54) is 14.2 Å². The number of aryl methyl sites for hydroxylation is 4. The van der Waals surface area contributed by atoms with Crippen LogP contribution in [0.15, 0.2) is 152 Å². The number of rotatable bonds is 7. The molecule has 0 amide bonds. The van der Waals surface area contributed by atoms with Gasteiger partial charge in [-0.05, 0) is 19.4 Å². The van der Waals surface area contributed by atoms with Crippen molar-refractivity contribution in [2.45, 2.75) is 27.7 Å². The number of nitriles is 2. The van der Waals surface area contributed by atoms with Crippen LogP contribution < -0.4 is 12.9 Å². The van der Waals surface area contributed by atoms with Crippen molar-refractivity contribution in [1.82, 2.24) is 0 Å². The minimum atomic E-state index is 0.587. The summed E-state index contributed by atoms with van der Waals surface area (Å²) in [7, 11) is 0. The summed E-state index contributed by atoms with van der Waals surface area (Å²) in [6.07, 6.45) is 0. The standard InChI is InChI=1S/C52H37N4.Pb/c1-33-19-25-46(35(3)27-33)55(42-15-9-6-10-16-42)51-40(31-53)29-38-22-24-45-50-39(21-23-44(51)49(38)50)30-41(32-54)52(45)56(47-26-20-34(2)28-36(47)4)48-18-12-11-17-43(48)37-13-7-5-8-14-37;/h5-15,17-30H,1-4H3;. The molecule has 9 aromatic carbocycles. The van der Waals surface area contributed by atoms with E-state index in [0.717, 1.165) is 114 Å². The molecular weight excluding hydrogens is 888 g/mol. The predicted octanol–water partition coefficient (Wildman–Crippen LogP) is 13.0. The molecule has 0 spiro atoms. The maximum atomic E-state index is 11.0. The monoisotopic (exact) mass is 925 g/mol. The zero-order valence-electron chi connectivity index (χ0n) is 32.2. The van der Waals surface area contributed by atoms with Crippen molar-refractivity contribution in [3.63, 3.8) is 0 Å². The second-order valence-electron chi connectivity index (χ2n) is 14.8. The van der Waals surface area contributed by atoms with Gasteiger partial charge in [0.25, 0.3) is 0 Å². The summed E-state index contributed by atoms with van der Waals surface area (Å²) in [4.78, 5) is 4.60. The van der Waals surface area contributed by atoms with E-state index in [0.29, 0.717) is 11.1 Å². The molecule has 0 aromatic heterocycles. The second kappa shape index (κ2) is 14.5.